The molecule has 2 N–H and O–H groups in total. The first-order valence-corrected chi connectivity index (χ1v) is 4.52. The van der Waals surface area contributed by atoms with E-state index in [1.54, 1.807) is 19.4 Å². The summed E-state index contributed by atoms with van der Waals surface area (Å²) in [6.07, 6.45) is 3.18. The van der Waals surface area contributed by atoms with Crippen molar-refractivity contribution in [2.24, 2.45) is 18.7 Å². The first-order valence-electron chi connectivity index (χ1n) is 4.52. The molecular formula is C9H15N3O2. The molecule has 0 bridgehead atoms. The van der Waals surface area contributed by atoms with Gasteiger partial charge in [-0.25, -0.2) is 0 Å². The average Bonchev–Trinajstić information content (AvgIpc) is 2.19. The Labute approximate surface area is 81.8 Å². The van der Waals surface area contributed by atoms with Crippen LogP contribution in [0.1, 0.15) is 6.92 Å². The van der Waals surface area contributed by atoms with E-state index in [1.165, 1.54) is 9.13 Å². The summed E-state index contributed by atoms with van der Waals surface area (Å²) < 4.78 is 2.67. The summed E-state index contributed by atoms with van der Waals surface area (Å²) in [6, 6.07) is 0. The zero-order valence-corrected chi connectivity index (χ0v) is 8.43. The van der Waals surface area contributed by atoms with Crippen LogP contribution in [0, 0.1) is 5.92 Å². The molecule has 0 fully saturated rings. The van der Waals surface area contributed by atoms with Crippen molar-refractivity contribution in [1.82, 2.24) is 9.13 Å². The van der Waals surface area contributed by atoms with Gasteiger partial charge in [0.05, 0.1) is 0 Å². The number of nitrogens with two attached hydrogens (primary N) is 1. The summed E-state index contributed by atoms with van der Waals surface area (Å²) in [5, 5.41) is 0. The van der Waals surface area contributed by atoms with E-state index in [4.69, 9.17) is 5.73 Å². The third-order valence-corrected chi connectivity index (χ3v) is 2.15. The summed E-state index contributed by atoms with van der Waals surface area (Å²) in [5.74, 6) is 0.194. The molecule has 78 valence electrons. The molecule has 5 heteroatoms. The Morgan fingerprint density at radius 3 is 2.57 bits per heavy atom. The summed E-state index contributed by atoms with van der Waals surface area (Å²) in [5.41, 5.74) is 4.45. The Morgan fingerprint density at radius 2 is 2.00 bits per heavy atom. The minimum atomic E-state index is -0.503. The van der Waals surface area contributed by atoms with E-state index in [0.29, 0.717) is 13.1 Å². The highest BCUT2D eigenvalue weighted by molar-refractivity contribution is 4.85. The lowest BCUT2D eigenvalue weighted by Crippen LogP contribution is -2.40. The van der Waals surface area contributed by atoms with Gasteiger partial charge in [0.25, 0.3) is 0 Å². The fraction of sp³-hybridized carbons (Fsp3) is 0.556. The first-order chi connectivity index (χ1) is 6.56. The van der Waals surface area contributed by atoms with Crippen LogP contribution in [0.5, 0.6) is 0 Å². The Morgan fingerprint density at radius 1 is 1.36 bits per heavy atom. The van der Waals surface area contributed by atoms with Gasteiger partial charge in [0.2, 0.25) is 0 Å². The Bertz CT molecular complexity index is 419. The molecule has 0 saturated carbocycles. The van der Waals surface area contributed by atoms with Crippen molar-refractivity contribution in [1.29, 1.82) is 0 Å². The minimum Gasteiger partial charge on any atom is -0.330 e. The maximum absolute atomic E-state index is 11.4. The second-order valence-electron chi connectivity index (χ2n) is 3.51. The van der Waals surface area contributed by atoms with Gasteiger partial charge in [0, 0.05) is 26.0 Å². The molecule has 0 spiro atoms. The van der Waals surface area contributed by atoms with Crippen LogP contribution in [0.25, 0.3) is 0 Å². The smallest absolute Gasteiger partial charge is 0.316 e. The molecule has 0 aliphatic rings. The molecule has 1 atom stereocenters. The quantitative estimate of drug-likeness (QED) is 0.641. The molecule has 0 saturated heterocycles. The maximum atomic E-state index is 11.4. The third-order valence-electron chi connectivity index (χ3n) is 2.15. The van der Waals surface area contributed by atoms with Crippen molar-refractivity contribution in [2.75, 3.05) is 6.54 Å². The predicted molar refractivity (Wildman–Crippen MR) is 54.2 cm³/mol. The van der Waals surface area contributed by atoms with Gasteiger partial charge in [-0.15, -0.1) is 0 Å². The van der Waals surface area contributed by atoms with Crippen LogP contribution in [0.3, 0.4) is 0 Å². The van der Waals surface area contributed by atoms with Gasteiger partial charge in [0.15, 0.2) is 0 Å². The van der Waals surface area contributed by atoms with Gasteiger partial charge in [0.1, 0.15) is 0 Å². The largest absolute Gasteiger partial charge is 0.330 e. The molecule has 0 aliphatic heterocycles. The molecule has 0 aromatic carbocycles. The van der Waals surface area contributed by atoms with Crippen molar-refractivity contribution < 1.29 is 0 Å². The number of rotatable bonds is 3. The fourth-order valence-electron chi connectivity index (χ4n) is 1.14. The van der Waals surface area contributed by atoms with Crippen LogP contribution in [-0.4, -0.2) is 15.7 Å². The fourth-order valence-corrected chi connectivity index (χ4v) is 1.14. The van der Waals surface area contributed by atoms with Gasteiger partial charge in [-0.05, 0) is 12.5 Å². The van der Waals surface area contributed by atoms with Gasteiger partial charge >= 0.3 is 11.1 Å². The van der Waals surface area contributed by atoms with Crippen molar-refractivity contribution >= 4 is 0 Å². The van der Waals surface area contributed by atoms with Crippen LogP contribution in [0.15, 0.2) is 22.0 Å². The highest BCUT2D eigenvalue weighted by atomic mass is 16.2. The minimum absolute atomic E-state index is 0.194. The van der Waals surface area contributed by atoms with Crippen LogP contribution < -0.4 is 16.9 Å². The van der Waals surface area contributed by atoms with Crippen molar-refractivity contribution in [3.8, 4) is 0 Å². The lowest BCUT2D eigenvalue weighted by atomic mass is 10.2. The third kappa shape index (κ3) is 2.11. The second-order valence-corrected chi connectivity index (χ2v) is 3.51. The van der Waals surface area contributed by atoms with Crippen LogP contribution >= 0.6 is 0 Å². The molecule has 5 nitrogen and oxygen atoms in total. The number of nitrogens with zero attached hydrogens (tertiary/aromatic N) is 2. The summed E-state index contributed by atoms with van der Waals surface area (Å²) in [6.45, 7) is 2.93. The highest BCUT2D eigenvalue weighted by Crippen LogP contribution is 1.93. The van der Waals surface area contributed by atoms with Crippen molar-refractivity contribution in [2.45, 2.75) is 13.5 Å². The zero-order chi connectivity index (χ0) is 10.7. The standard InChI is InChI=1S/C9H15N3O2/c1-7(5-10)6-12-4-3-11(2)8(13)9(12)14/h3-4,7H,5-6,10H2,1-2H3. The molecule has 1 aromatic rings. The first kappa shape index (κ1) is 10.7. The second kappa shape index (κ2) is 4.23. The summed E-state index contributed by atoms with van der Waals surface area (Å²) in [7, 11) is 1.56. The SMILES string of the molecule is CC(CN)Cn1ccn(C)c(=O)c1=O. The Kier molecular flexibility index (Phi) is 3.24. The zero-order valence-electron chi connectivity index (χ0n) is 8.43. The number of aromatic nitrogens is 2. The van der Waals surface area contributed by atoms with Crippen molar-refractivity contribution in [3.05, 3.63) is 33.1 Å². The van der Waals surface area contributed by atoms with Crippen LogP contribution in [-0.2, 0) is 13.6 Å². The Balaban J connectivity index is 3.07. The van der Waals surface area contributed by atoms with Gasteiger partial charge < -0.3 is 14.9 Å². The lowest BCUT2D eigenvalue weighted by molar-refractivity contribution is 0.475. The van der Waals surface area contributed by atoms with E-state index in [-0.39, 0.29) is 5.92 Å². The highest BCUT2D eigenvalue weighted by Gasteiger charge is 2.05. The molecule has 1 rings (SSSR count). The van der Waals surface area contributed by atoms with Crippen molar-refractivity contribution in [3.63, 3.8) is 0 Å². The van der Waals surface area contributed by atoms with Crippen LogP contribution in [0.4, 0.5) is 0 Å². The molecule has 0 amide bonds. The van der Waals surface area contributed by atoms with E-state index in [9.17, 15) is 9.59 Å². The number of aryl methyl sites for hydroxylation is 1. The van der Waals surface area contributed by atoms with E-state index >= 15 is 0 Å². The monoisotopic (exact) mass is 197 g/mol. The van der Waals surface area contributed by atoms with E-state index in [2.05, 4.69) is 0 Å². The van der Waals surface area contributed by atoms with Gasteiger partial charge in [-0.1, -0.05) is 6.92 Å². The number of hydrogen-bond donors (Lipinski definition) is 1. The molecule has 1 heterocycles. The molecule has 14 heavy (non-hydrogen) atoms. The van der Waals surface area contributed by atoms with E-state index < -0.39 is 11.1 Å². The maximum Gasteiger partial charge on any atom is 0.316 e. The van der Waals surface area contributed by atoms with E-state index in [1.807, 2.05) is 6.92 Å². The van der Waals surface area contributed by atoms with Crippen LogP contribution in [0.2, 0.25) is 0 Å². The van der Waals surface area contributed by atoms with Gasteiger partial charge in [-0.3, -0.25) is 9.59 Å². The molecule has 0 aliphatic carbocycles. The topological polar surface area (TPSA) is 70.0 Å². The molecule has 0 radical (unpaired) electrons. The summed E-state index contributed by atoms with van der Waals surface area (Å²) >= 11 is 0. The molecular weight excluding hydrogens is 182 g/mol. The summed E-state index contributed by atoms with van der Waals surface area (Å²) in [4.78, 5) is 22.7. The normalized spacial score (nSPS) is 12.8. The molecule has 1 aromatic heterocycles. The van der Waals surface area contributed by atoms with E-state index in [0.717, 1.165) is 0 Å². The lowest BCUT2D eigenvalue weighted by Gasteiger charge is -2.10. The van der Waals surface area contributed by atoms with Gasteiger partial charge in [-0.2, -0.15) is 0 Å². The predicted octanol–water partition coefficient (Wildman–Crippen LogP) is -0.858. The Hall–Kier alpha value is -1.36. The molecule has 1 unspecified atom stereocenters. The average molecular weight is 197 g/mol. The number of hydrogen-bond acceptors (Lipinski definition) is 3.